The second-order valence-corrected chi connectivity index (χ2v) is 7.38. The van der Waals surface area contributed by atoms with Gasteiger partial charge in [0.25, 0.3) is 0 Å². The van der Waals surface area contributed by atoms with Gasteiger partial charge < -0.3 is 19.3 Å². The van der Waals surface area contributed by atoms with Crippen molar-refractivity contribution in [3.05, 3.63) is 84.1 Å². The SMILES string of the molecule is CC(CCOCc1ccccc1)(Oc1ccc(Oc2ccc(C(F)(F)F)cn2)cc1)C(=O)O. The van der Waals surface area contributed by atoms with Gasteiger partial charge in [-0.2, -0.15) is 13.2 Å². The monoisotopic (exact) mass is 461 g/mol. The van der Waals surface area contributed by atoms with Crippen molar-refractivity contribution in [3.63, 3.8) is 0 Å². The first-order valence-corrected chi connectivity index (χ1v) is 10.0. The molecule has 2 aromatic carbocycles. The number of aromatic nitrogens is 1. The minimum absolute atomic E-state index is 0.0115. The van der Waals surface area contributed by atoms with E-state index in [1.54, 1.807) is 0 Å². The van der Waals surface area contributed by atoms with E-state index < -0.39 is 23.3 Å². The predicted octanol–water partition coefficient (Wildman–Crippen LogP) is 5.72. The zero-order valence-electron chi connectivity index (χ0n) is 17.7. The molecule has 0 aliphatic heterocycles. The summed E-state index contributed by atoms with van der Waals surface area (Å²) < 4.78 is 54.5. The average Bonchev–Trinajstić information content (AvgIpc) is 2.78. The Kier molecular flexibility index (Phi) is 7.55. The number of carbonyl (C=O) groups is 1. The molecule has 0 amide bonds. The quantitative estimate of drug-likeness (QED) is 0.389. The molecule has 174 valence electrons. The highest BCUT2D eigenvalue weighted by molar-refractivity contribution is 5.77. The first-order valence-electron chi connectivity index (χ1n) is 10.0. The summed E-state index contributed by atoms with van der Waals surface area (Å²) in [7, 11) is 0. The maximum Gasteiger partial charge on any atom is 0.417 e. The summed E-state index contributed by atoms with van der Waals surface area (Å²) in [5.74, 6) is -0.559. The van der Waals surface area contributed by atoms with Crippen molar-refractivity contribution in [2.75, 3.05) is 6.61 Å². The summed E-state index contributed by atoms with van der Waals surface area (Å²) in [6, 6.07) is 17.5. The van der Waals surface area contributed by atoms with Gasteiger partial charge in [0, 0.05) is 18.7 Å². The summed E-state index contributed by atoms with van der Waals surface area (Å²) in [6.45, 7) is 2.00. The standard InChI is InChI=1S/C24H22F3NO5/c1-23(22(29)30,13-14-31-16-17-5-3-2-4-6-17)33-20-10-8-19(9-11-20)32-21-12-7-18(15-28-21)24(25,26)27/h2-12,15H,13-14,16H2,1H3,(H,29,30). The first-order chi connectivity index (χ1) is 15.7. The molecule has 0 bridgehead atoms. The lowest BCUT2D eigenvalue weighted by Gasteiger charge is -2.26. The van der Waals surface area contributed by atoms with Crippen molar-refractivity contribution in [2.45, 2.75) is 31.7 Å². The zero-order valence-corrected chi connectivity index (χ0v) is 17.7. The third kappa shape index (κ3) is 6.95. The molecule has 0 aliphatic rings. The van der Waals surface area contributed by atoms with Crippen molar-refractivity contribution >= 4 is 5.97 Å². The fourth-order valence-corrected chi connectivity index (χ4v) is 2.80. The van der Waals surface area contributed by atoms with Crippen LogP contribution in [-0.2, 0) is 22.3 Å². The number of benzene rings is 2. The molecule has 9 heteroatoms. The van der Waals surface area contributed by atoms with Gasteiger partial charge in [0.2, 0.25) is 11.5 Å². The molecule has 3 rings (SSSR count). The van der Waals surface area contributed by atoms with E-state index in [-0.39, 0.29) is 24.7 Å². The molecule has 6 nitrogen and oxygen atoms in total. The Morgan fingerprint density at radius 3 is 2.21 bits per heavy atom. The first kappa shape index (κ1) is 24.1. The van der Waals surface area contributed by atoms with Gasteiger partial charge in [-0.1, -0.05) is 30.3 Å². The smallest absolute Gasteiger partial charge is 0.417 e. The number of rotatable bonds is 10. The van der Waals surface area contributed by atoms with E-state index in [4.69, 9.17) is 14.2 Å². The Labute approximate surface area is 188 Å². The van der Waals surface area contributed by atoms with Gasteiger partial charge in [0.05, 0.1) is 18.8 Å². The van der Waals surface area contributed by atoms with E-state index in [0.29, 0.717) is 18.6 Å². The molecule has 0 aliphatic carbocycles. The van der Waals surface area contributed by atoms with Crippen LogP contribution < -0.4 is 9.47 Å². The number of carboxylic acids is 1. The van der Waals surface area contributed by atoms with Gasteiger partial charge in [0.15, 0.2) is 0 Å². The van der Waals surface area contributed by atoms with Crippen LogP contribution in [0.2, 0.25) is 0 Å². The Morgan fingerprint density at radius 2 is 1.64 bits per heavy atom. The number of hydrogen-bond acceptors (Lipinski definition) is 5. The summed E-state index contributed by atoms with van der Waals surface area (Å²) >= 11 is 0. The summed E-state index contributed by atoms with van der Waals surface area (Å²) in [5.41, 5.74) is -1.42. The van der Waals surface area contributed by atoms with Gasteiger partial charge in [-0.15, -0.1) is 0 Å². The van der Waals surface area contributed by atoms with E-state index in [0.717, 1.165) is 17.7 Å². The average molecular weight is 461 g/mol. The minimum atomic E-state index is -4.48. The number of halogens is 3. The van der Waals surface area contributed by atoms with Crippen LogP contribution in [0, 0.1) is 0 Å². The number of alkyl halides is 3. The number of carboxylic acid groups (broad SMARTS) is 1. The molecule has 1 heterocycles. The molecule has 3 aromatic rings. The highest BCUT2D eigenvalue weighted by atomic mass is 19.4. The molecule has 33 heavy (non-hydrogen) atoms. The number of ether oxygens (including phenoxy) is 3. The Balaban J connectivity index is 1.56. The van der Waals surface area contributed by atoms with Crippen LogP contribution in [0.5, 0.6) is 17.4 Å². The Morgan fingerprint density at radius 1 is 0.970 bits per heavy atom. The van der Waals surface area contributed by atoms with Crippen molar-refractivity contribution in [1.29, 1.82) is 0 Å². The largest absolute Gasteiger partial charge is 0.478 e. The van der Waals surface area contributed by atoms with E-state index in [2.05, 4.69) is 4.98 Å². The Hall–Kier alpha value is -3.59. The van der Waals surface area contributed by atoms with Crippen LogP contribution >= 0.6 is 0 Å². The lowest BCUT2D eigenvalue weighted by molar-refractivity contribution is -0.155. The van der Waals surface area contributed by atoms with Crippen LogP contribution in [-0.4, -0.2) is 28.3 Å². The van der Waals surface area contributed by atoms with Gasteiger partial charge in [0.1, 0.15) is 11.5 Å². The topological polar surface area (TPSA) is 77.9 Å². The van der Waals surface area contributed by atoms with Gasteiger partial charge >= 0.3 is 12.1 Å². The molecular formula is C24H22F3NO5. The number of hydrogen-bond donors (Lipinski definition) is 1. The number of aliphatic carboxylic acids is 1. The van der Waals surface area contributed by atoms with Crippen molar-refractivity contribution in [1.82, 2.24) is 4.98 Å². The summed E-state index contributed by atoms with van der Waals surface area (Å²) in [5, 5.41) is 9.65. The van der Waals surface area contributed by atoms with E-state index in [1.165, 1.54) is 31.2 Å². The second-order valence-electron chi connectivity index (χ2n) is 7.38. The molecule has 0 radical (unpaired) electrons. The summed E-state index contributed by atoms with van der Waals surface area (Å²) in [6.07, 6.45) is -3.68. The lowest BCUT2D eigenvalue weighted by Crippen LogP contribution is -2.42. The third-order valence-corrected chi connectivity index (χ3v) is 4.74. The molecule has 1 unspecified atom stereocenters. The van der Waals surface area contributed by atoms with Crippen LogP contribution in [0.15, 0.2) is 72.9 Å². The minimum Gasteiger partial charge on any atom is -0.478 e. The lowest BCUT2D eigenvalue weighted by atomic mass is 10.0. The van der Waals surface area contributed by atoms with Crippen LogP contribution in [0.4, 0.5) is 13.2 Å². The molecule has 1 atom stereocenters. The second kappa shape index (κ2) is 10.4. The molecule has 0 spiro atoms. The number of nitrogens with zero attached hydrogens (tertiary/aromatic N) is 1. The maximum atomic E-state index is 12.6. The van der Waals surface area contributed by atoms with E-state index in [1.807, 2.05) is 30.3 Å². The van der Waals surface area contributed by atoms with Gasteiger partial charge in [-0.25, -0.2) is 9.78 Å². The van der Waals surface area contributed by atoms with E-state index in [9.17, 15) is 23.1 Å². The highest BCUT2D eigenvalue weighted by Gasteiger charge is 2.35. The molecule has 1 aromatic heterocycles. The fraction of sp³-hybridized carbons (Fsp3) is 0.250. The molecule has 0 fully saturated rings. The third-order valence-electron chi connectivity index (χ3n) is 4.74. The zero-order chi connectivity index (χ0) is 23.9. The molecular weight excluding hydrogens is 439 g/mol. The summed E-state index contributed by atoms with van der Waals surface area (Å²) in [4.78, 5) is 15.4. The molecule has 0 saturated carbocycles. The molecule has 0 saturated heterocycles. The van der Waals surface area contributed by atoms with Crippen LogP contribution in [0.25, 0.3) is 0 Å². The Bertz CT molecular complexity index is 1040. The maximum absolute atomic E-state index is 12.6. The highest BCUT2D eigenvalue weighted by Crippen LogP contribution is 2.31. The van der Waals surface area contributed by atoms with Crippen LogP contribution in [0.3, 0.4) is 0 Å². The van der Waals surface area contributed by atoms with Crippen LogP contribution in [0.1, 0.15) is 24.5 Å². The normalized spacial score (nSPS) is 13.2. The van der Waals surface area contributed by atoms with E-state index >= 15 is 0 Å². The predicted molar refractivity (Wildman–Crippen MR) is 113 cm³/mol. The number of pyridine rings is 1. The van der Waals surface area contributed by atoms with Crippen molar-refractivity contribution in [2.24, 2.45) is 0 Å². The fourth-order valence-electron chi connectivity index (χ4n) is 2.80. The van der Waals surface area contributed by atoms with Crippen molar-refractivity contribution in [3.8, 4) is 17.4 Å². The van der Waals surface area contributed by atoms with Crippen molar-refractivity contribution < 1.29 is 37.3 Å². The molecule has 1 N–H and O–H groups in total. The van der Waals surface area contributed by atoms with Gasteiger partial charge in [-0.05, 0) is 42.8 Å². The van der Waals surface area contributed by atoms with Gasteiger partial charge in [-0.3, -0.25) is 0 Å².